The summed E-state index contributed by atoms with van der Waals surface area (Å²) in [5.74, 6) is 0.105. The Bertz CT molecular complexity index is 787. The number of fused-ring (bicyclic) bond motifs is 3. The Morgan fingerprint density at radius 2 is 2.17 bits per heavy atom. The summed E-state index contributed by atoms with van der Waals surface area (Å²) in [5.41, 5.74) is 2.79. The van der Waals surface area contributed by atoms with E-state index in [1.54, 1.807) is 22.7 Å². The summed E-state index contributed by atoms with van der Waals surface area (Å²) in [5, 5.41) is 11.0. The van der Waals surface area contributed by atoms with Gasteiger partial charge in [0.05, 0.1) is 5.52 Å². The first-order valence-electron chi connectivity index (χ1n) is 5.69. The number of Topliss-reactive ketones (excluding diaryl/α,β-unsaturated/α-hetero) is 1. The van der Waals surface area contributed by atoms with E-state index in [-0.39, 0.29) is 11.5 Å². The molecule has 2 heterocycles. The highest BCUT2D eigenvalue weighted by Gasteiger charge is 2.12. The van der Waals surface area contributed by atoms with Crippen LogP contribution in [0.1, 0.15) is 23.0 Å². The molecular formula is C14H12N2O2. The lowest BCUT2D eigenvalue weighted by atomic mass is 10.1. The van der Waals surface area contributed by atoms with Crippen LogP contribution >= 0.6 is 0 Å². The Kier molecular flexibility index (Phi) is 2.13. The van der Waals surface area contributed by atoms with Crippen molar-refractivity contribution in [3.05, 3.63) is 41.7 Å². The first-order chi connectivity index (χ1) is 8.58. The second-order valence-electron chi connectivity index (χ2n) is 4.41. The summed E-state index contributed by atoms with van der Waals surface area (Å²) in [6.45, 7) is 3.45. The van der Waals surface area contributed by atoms with Crippen molar-refractivity contribution in [3.63, 3.8) is 0 Å². The minimum Gasteiger partial charge on any atom is -0.506 e. The third-order valence-electron chi connectivity index (χ3n) is 3.12. The van der Waals surface area contributed by atoms with Gasteiger partial charge in [0.1, 0.15) is 17.1 Å². The number of imidazole rings is 1. The number of hydrogen-bond acceptors (Lipinski definition) is 3. The van der Waals surface area contributed by atoms with Crippen molar-refractivity contribution in [3.8, 4) is 5.75 Å². The molecule has 0 aliphatic rings. The average molecular weight is 240 g/mol. The van der Waals surface area contributed by atoms with Gasteiger partial charge in [-0.05, 0) is 24.6 Å². The van der Waals surface area contributed by atoms with Gasteiger partial charge in [-0.2, -0.15) is 0 Å². The summed E-state index contributed by atoms with van der Waals surface area (Å²) in [6.07, 6.45) is 1.67. The number of nitrogens with zero attached hydrogens (tertiary/aromatic N) is 2. The van der Waals surface area contributed by atoms with Gasteiger partial charge >= 0.3 is 0 Å². The molecule has 0 saturated heterocycles. The van der Waals surface area contributed by atoms with E-state index in [2.05, 4.69) is 4.98 Å². The van der Waals surface area contributed by atoms with Crippen molar-refractivity contribution < 1.29 is 9.90 Å². The lowest BCUT2D eigenvalue weighted by Gasteiger charge is -2.06. The second kappa shape index (κ2) is 3.57. The van der Waals surface area contributed by atoms with Gasteiger partial charge < -0.3 is 5.11 Å². The molecule has 0 amide bonds. The van der Waals surface area contributed by atoms with Crippen LogP contribution in [-0.2, 0) is 0 Å². The van der Waals surface area contributed by atoms with Crippen LogP contribution in [0.5, 0.6) is 5.75 Å². The van der Waals surface area contributed by atoms with E-state index in [9.17, 15) is 9.90 Å². The number of para-hydroxylation sites is 1. The number of pyridine rings is 1. The largest absolute Gasteiger partial charge is 0.506 e. The van der Waals surface area contributed by atoms with Crippen molar-refractivity contribution >= 4 is 22.3 Å². The molecular weight excluding hydrogens is 228 g/mol. The third kappa shape index (κ3) is 1.39. The molecule has 0 aliphatic heterocycles. The number of hydrogen-bond donors (Lipinski definition) is 1. The lowest BCUT2D eigenvalue weighted by molar-refractivity contribution is 0.101. The van der Waals surface area contributed by atoms with Crippen LogP contribution in [-0.4, -0.2) is 20.3 Å². The molecule has 4 heteroatoms. The first kappa shape index (κ1) is 10.8. The quantitative estimate of drug-likeness (QED) is 0.665. The zero-order valence-electron chi connectivity index (χ0n) is 10.1. The minimum absolute atomic E-state index is 0.0834. The number of carbonyl (C=O) groups is 1. The molecule has 3 aromatic rings. The van der Waals surface area contributed by atoms with Crippen LogP contribution < -0.4 is 0 Å². The van der Waals surface area contributed by atoms with Gasteiger partial charge in [-0.1, -0.05) is 12.1 Å². The first-order valence-corrected chi connectivity index (χ1v) is 5.69. The van der Waals surface area contributed by atoms with Crippen molar-refractivity contribution in [2.24, 2.45) is 0 Å². The molecule has 1 N–H and O–H groups in total. The summed E-state index contributed by atoms with van der Waals surface area (Å²) < 4.78 is 1.76. The Morgan fingerprint density at radius 3 is 2.89 bits per heavy atom. The Labute approximate surface area is 104 Å². The van der Waals surface area contributed by atoms with E-state index in [4.69, 9.17) is 0 Å². The average Bonchev–Trinajstić information content (AvgIpc) is 2.73. The fourth-order valence-electron chi connectivity index (χ4n) is 2.22. The van der Waals surface area contributed by atoms with Crippen LogP contribution in [0.4, 0.5) is 0 Å². The maximum atomic E-state index is 11.4. The van der Waals surface area contributed by atoms with Gasteiger partial charge in [0, 0.05) is 18.5 Å². The zero-order valence-corrected chi connectivity index (χ0v) is 10.1. The van der Waals surface area contributed by atoms with E-state index in [0.717, 1.165) is 10.9 Å². The number of aryl methyl sites for hydroxylation is 1. The minimum atomic E-state index is -0.0834. The van der Waals surface area contributed by atoms with Gasteiger partial charge in [0.25, 0.3) is 0 Å². The highest BCUT2D eigenvalue weighted by Crippen LogP contribution is 2.28. The Morgan fingerprint density at radius 1 is 1.39 bits per heavy atom. The SMILES string of the molecule is CC(=O)c1cn2c(cc(C)c3cccc(O)c32)n1. The molecule has 0 aliphatic carbocycles. The van der Waals surface area contributed by atoms with Crippen LogP contribution in [0.25, 0.3) is 16.6 Å². The molecule has 0 radical (unpaired) electrons. The van der Waals surface area contributed by atoms with Crippen LogP contribution in [0, 0.1) is 6.92 Å². The highest BCUT2D eigenvalue weighted by atomic mass is 16.3. The maximum absolute atomic E-state index is 11.4. The standard InChI is InChI=1S/C14H12N2O2/c1-8-6-13-15-11(9(2)17)7-16(13)14-10(8)4-3-5-12(14)18/h3-7,18H,1-2H3. The fraction of sp³-hybridized carbons (Fsp3) is 0.143. The Balaban J connectivity index is 2.55. The van der Waals surface area contributed by atoms with Gasteiger partial charge in [0.15, 0.2) is 5.78 Å². The topological polar surface area (TPSA) is 54.6 Å². The fourth-order valence-corrected chi connectivity index (χ4v) is 2.22. The molecule has 18 heavy (non-hydrogen) atoms. The number of ketones is 1. The van der Waals surface area contributed by atoms with Gasteiger partial charge in [0.2, 0.25) is 0 Å². The smallest absolute Gasteiger partial charge is 0.179 e. The van der Waals surface area contributed by atoms with Crippen molar-refractivity contribution in [2.45, 2.75) is 13.8 Å². The molecule has 90 valence electrons. The molecule has 0 spiro atoms. The number of phenolic OH excluding ortho intramolecular Hbond substituents is 1. The molecule has 0 saturated carbocycles. The van der Waals surface area contributed by atoms with Gasteiger partial charge in [-0.25, -0.2) is 4.98 Å². The molecule has 1 aromatic carbocycles. The highest BCUT2D eigenvalue weighted by molar-refractivity contribution is 5.95. The number of aromatic nitrogens is 2. The van der Waals surface area contributed by atoms with E-state index in [0.29, 0.717) is 16.9 Å². The van der Waals surface area contributed by atoms with Crippen LogP contribution in [0.2, 0.25) is 0 Å². The van der Waals surface area contributed by atoms with E-state index >= 15 is 0 Å². The van der Waals surface area contributed by atoms with Crippen molar-refractivity contribution in [1.82, 2.24) is 9.38 Å². The summed E-state index contributed by atoms with van der Waals surface area (Å²) in [7, 11) is 0. The molecule has 0 unspecified atom stereocenters. The van der Waals surface area contributed by atoms with E-state index in [1.165, 1.54) is 6.92 Å². The molecule has 4 nitrogen and oxygen atoms in total. The van der Waals surface area contributed by atoms with Gasteiger partial charge in [-0.15, -0.1) is 0 Å². The van der Waals surface area contributed by atoms with E-state index < -0.39 is 0 Å². The lowest BCUT2D eigenvalue weighted by Crippen LogP contribution is -1.90. The monoisotopic (exact) mass is 240 g/mol. The Hall–Kier alpha value is -2.36. The van der Waals surface area contributed by atoms with E-state index in [1.807, 2.05) is 19.1 Å². The number of phenols is 1. The van der Waals surface area contributed by atoms with Crippen LogP contribution in [0.3, 0.4) is 0 Å². The number of aromatic hydroxyl groups is 1. The van der Waals surface area contributed by atoms with Crippen molar-refractivity contribution in [2.75, 3.05) is 0 Å². The van der Waals surface area contributed by atoms with Gasteiger partial charge in [-0.3, -0.25) is 9.20 Å². The predicted octanol–water partition coefficient (Wildman–Crippen LogP) is 2.70. The normalized spacial score (nSPS) is 11.2. The third-order valence-corrected chi connectivity index (χ3v) is 3.12. The number of carbonyl (C=O) groups excluding carboxylic acids is 1. The molecule has 0 fully saturated rings. The number of rotatable bonds is 1. The second-order valence-corrected chi connectivity index (χ2v) is 4.41. The maximum Gasteiger partial charge on any atom is 0.179 e. The zero-order chi connectivity index (χ0) is 12.9. The summed E-state index contributed by atoms with van der Waals surface area (Å²) in [4.78, 5) is 15.6. The molecule has 0 bridgehead atoms. The molecule has 3 rings (SSSR count). The number of benzene rings is 1. The summed E-state index contributed by atoms with van der Waals surface area (Å²) in [6, 6.07) is 7.29. The molecule has 0 atom stereocenters. The predicted molar refractivity (Wildman–Crippen MR) is 69.1 cm³/mol. The molecule has 2 aromatic heterocycles. The van der Waals surface area contributed by atoms with Crippen molar-refractivity contribution in [1.29, 1.82) is 0 Å². The summed E-state index contributed by atoms with van der Waals surface area (Å²) >= 11 is 0. The van der Waals surface area contributed by atoms with Crippen LogP contribution in [0.15, 0.2) is 30.5 Å².